The third-order valence-corrected chi connectivity index (χ3v) is 4.66. The van der Waals surface area contributed by atoms with Crippen LogP contribution in [0.2, 0.25) is 0 Å². The number of rotatable bonds is 5. The molecule has 152 valence electrons. The zero-order chi connectivity index (χ0) is 20.3. The van der Waals surface area contributed by atoms with E-state index in [4.69, 9.17) is 9.84 Å². The molecule has 1 fully saturated rings. The predicted molar refractivity (Wildman–Crippen MR) is 108 cm³/mol. The van der Waals surface area contributed by atoms with Gasteiger partial charge in [0.2, 0.25) is 5.95 Å². The van der Waals surface area contributed by atoms with E-state index >= 15 is 0 Å². The van der Waals surface area contributed by atoms with Crippen LogP contribution < -0.4 is 10.6 Å². The summed E-state index contributed by atoms with van der Waals surface area (Å²) in [6.45, 7) is 10.2. The normalized spacial score (nSPS) is 19.6. The fourth-order valence-corrected chi connectivity index (χ4v) is 3.50. The van der Waals surface area contributed by atoms with E-state index in [0.717, 1.165) is 30.8 Å². The van der Waals surface area contributed by atoms with E-state index in [-0.39, 0.29) is 29.7 Å². The zero-order valence-corrected chi connectivity index (χ0v) is 17.3. The fourth-order valence-electron chi connectivity index (χ4n) is 3.50. The Hall–Kier alpha value is -2.64. The van der Waals surface area contributed by atoms with Crippen molar-refractivity contribution in [3.8, 4) is 0 Å². The molecule has 2 aromatic rings. The topological polar surface area (TPSA) is 94.0 Å². The number of alkyl carbamates (subject to hydrolysis) is 1. The van der Waals surface area contributed by atoms with E-state index in [1.165, 1.54) is 0 Å². The minimum absolute atomic E-state index is 0.0686. The SMILES string of the molecule is CC(C)NC(=O)O[C@@H]1CC[C@H](c2cc(Nc3ncccn3)nn2C(C)(C)C)C1. The molecule has 2 aromatic heterocycles. The van der Waals surface area contributed by atoms with Gasteiger partial charge in [-0.15, -0.1) is 0 Å². The van der Waals surface area contributed by atoms with Crippen LogP contribution in [0.3, 0.4) is 0 Å². The van der Waals surface area contributed by atoms with Crippen LogP contribution in [0, 0.1) is 0 Å². The molecule has 0 unspecified atom stereocenters. The predicted octanol–water partition coefficient (Wildman–Crippen LogP) is 3.94. The number of hydrogen-bond acceptors (Lipinski definition) is 6. The Balaban J connectivity index is 1.74. The maximum absolute atomic E-state index is 11.9. The average molecular weight is 387 g/mol. The van der Waals surface area contributed by atoms with Crippen LogP contribution in [0.25, 0.3) is 0 Å². The Bertz CT molecular complexity index is 797. The molecule has 28 heavy (non-hydrogen) atoms. The van der Waals surface area contributed by atoms with Gasteiger partial charge in [-0.25, -0.2) is 14.8 Å². The van der Waals surface area contributed by atoms with Crippen molar-refractivity contribution in [2.24, 2.45) is 0 Å². The Labute approximate surface area is 166 Å². The van der Waals surface area contributed by atoms with Crippen LogP contribution in [0.5, 0.6) is 0 Å². The molecule has 2 N–H and O–H groups in total. The van der Waals surface area contributed by atoms with Gasteiger partial charge in [0.1, 0.15) is 6.10 Å². The highest BCUT2D eigenvalue weighted by molar-refractivity contribution is 5.67. The molecule has 1 amide bonds. The molecule has 0 spiro atoms. The van der Waals surface area contributed by atoms with E-state index in [2.05, 4.69) is 52.1 Å². The number of nitrogens with one attached hydrogen (secondary N) is 2. The quantitative estimate of drug-likeness (QED) is 0.808. The summed E-state index contributed by atoms with van der Waals surface area (Å²) in [6, 6.07) is 3.90. The van der Waals surface area contributed by atoms with Crippen LogP contribution in [0.4, 0.5) is 16.6 Å². The van der Waals surface area contributed by atoms with Gasteiger partial charge in [0.05, 0.1) is 5.54 Å². The van der Waals surface area contributed by atoms with Gasteiger partial charge in [0.15, 0.2) is 5.82 Å². The lowest BCUT2D eigenvalue weighted by Crippen LogP contribution is -2.33. The Kier molecular flexibility index (Phi) is 5.86. The molecule has 1 saturated carbocycles. The van der Waals surface area contributed by atoms with Crippen molar-refractivity contribution in [3.63, 3.8) is 0 Å². The maximum atomic E-state index is 11.9. The van der Waals surface area contributed by atoms with Gasteiger partial charge in [-0.1, -0.05) is 0 Å². The fraction of sp³-hybridized carbons (Fsp3) is 0.600. The first-order valence-electron chi connectivity index (χ1n) is 9.84. The Morgan fingerprint density at radius 1 is 1.25 bits per heavy atom. The average Bonchev–Trinajstić information content (AvgIpc) is 3.21. The zero-order valence-electron chi connectivity index (χ0n) is 17.3. The van der Waals surface area contributed by atoms with Crippen molar-refractivity contribution in [1.29, 1.82) is 0 Å². The van der Waals surface area contributed by atoms with Crippen LogP contribution in [-0.2, 0) is 10.3 Å². The summed E-state index contributed by atoms with van der Waals surface area (Å²) in [4.78, 5) is 20.3. The van der Waals surface area contributed by atoms with E-state index < -0.39 is 0 Å². The van der Waals surface area contributed by atoms with E-state index in [0.29, 0.717) is 5.95 Å². The van der Waals surface area contributed by atoms with Gasteiger partial charge in [0, 0.05) is 36.1 Å². The Morgan fingerprint density at radius 2 is 1.96 bits per heavy atom. The molecule has 1 aliphatic carbocycles. The van der Waals surface area contributed by atoms with E-state index in [1.54, 1.807) is 18.5 Å². The standard InChI is InChI=1S/C20H30N6O2/c1-13(2)23-19(27)28-15-8-7-14(11-15)16-12-17(25-26(16)20(3,4)5)24-18-21-9-6-10-22-18/h6,9-10,12-15H,7-8,11H2,1-5H3,(H,23,27)(H,21,22,24,25)/t14-,15+/m0/s1. The molecule has 8 heteroatoms. The lowest BCUT2D eigenvalue weighted by molar-refractivity contribution is 0.0979. The molecule has 0 bridgehead atoms. The van der Waals surface area contributed by atoms with Crippen LogP contribution in [0.1, 0.15) is 65.5 Å². The monoisotopic (exact) mass is 386 g/mol. The van der Waals surface area contributed by atoms with Gasteiger partial charge >= 0.3 is 6.09 Å². The first-order chi connectivity index (χ1) is 13.2. The minimum atomic E-state index is -0.339. The van der Waals surface area contributed by atoms with Crippen molar-refractivity contribution in [2.45, 2.75) is 77.5 Å². The number of nitrogens with zero attached hydrogens (tertiary/aromatic N) is 4. The summed E-state index contributed by atoms with van der Waals surface area (Å²) in [5, 5.41) is 10.7. The number of carbonyl (C=O) groups excluding carboxylic acids is 1. The van der Waals surface area contributed by atoms with Crippen LogP contribution >= 0.6 is 0 Å². The molecule has 0 radical (unpaired) electrons. The first kappa shape index (κ1) is 20.1. The van der Waals surface area contributed by atoms with Gasteiger partial charge in [-0.2, -0.15) is 5.10 Å². The molecule has 0 saturated heterocycles. The van der Waals surface area contributed by atoms with Crippen molar-refractivity contribution in [1.82, 2.24) is 25.1 Å². The summed E-state index contributed by atoms with van der Waals surface area (Å²) in [5.74, 6) is 1.53. The number of ether oxygens (including phenoxy) is 1. The largest absolute Gasteiger partial charge is 0.446 e. The third kappa shape index (κ3) is 4.99. The van der Waals surface area contributed by atoms with Crippen LogP contribution in [-0.4, -0.2) is 38.0 Å². The molecule has 8 nitrogen and oxygen atoms in total. The molecule has 0 aliphatic heterocycles. The summed E-state index contributed by atoms with van der Waals surface area (Å²) in [5.41, 5.74) is 0.974. The third-order valence-electron chi connectivity index (χ3n) is 4.66. The molecule has 2 heterocycles. The molecule has 1 aliphatic rings. The first-order valence-corrected chi connectivity index (χ1v) is 9.84. The highest BCUT2D eigenvalue weighted by Gasteiger charge is 2.33. The molecule has 2 atom stereocenters. The van der Waals surface area contributed by atoms with Gasteiger partial charge < -0.3 is 15.4 Å². The lowest BCUT2D eigenvalue weighted by atomic mass is 10.0. The van der Waals surface area contributed by atoms with Crippen molar-refractivity contribution in [2.75, 3.05) is 5.32 Å². The summed E-state index contributed by atoms with van der Waals surface area (Å²) in [6.07, 6.45) is 5.60. The lowest BCUT2D eigenvalue weighted by Gasteiger charge is -2.24. The van der Waals surface area contributed by atoms with Gasteiger partial charge in [-0.3, -0.25) is 4.68 Å². The number of amides is 1. The highest BCUT2D eigenvalue weighted by atomic mass is 16.6. The van der Waals surface area contributed by atoms with Crippen LogP contribution in [0.15, 0.2) is 24.5 Å². The van der Waals surface area contributed by atoms with Crippen molar-refractivity contribution < 1.29 is 9.53 Å². The number of carbonyl (C=O) groups is 1. The van der Waals surface area contributed by atoms with Gasteiger partial charge in [0.25, 0.3) is 0 Å². The van der Waals surface area contributed by atoms with E-state index in [9.17, 15) is 4.79 Å². The number of anilines is 2. The number of hydrogen-bond donors (Lipinski definition) is 2. The molecular weight excluding hydrogens is 356 g/mol. The second-order valence-electron chi connectivity index (χ2n) is 8.57. The summed E-state index contributed by atoms with van der Waals surface area (Å²) in [7, 11) is 0. The van der Waals surface area contributed by atoms with E-state index in [1.807, 2.05) is 13.8 Å². The van der Waals surface area contributed by atoms with Gasteiger partial charge in [-0.05, 0) is 59.9 Å². The number of aromatic nitrogens is 4. The minimum Gasteiger partial charge on any atom is -0.446 e. The summed E-state index contributed by atoms with van der Waals surface area (Å²) >= 11 is 0. The van der Waals surface area contributed by atoms with Crippen molar-refractivity contribution in [3.05, 3.63) is 30.2 Å². The van der Waals surface area contributed by atoms with Crippen molar-refractivity contribution >= 4 is 17.9 Å². The molecule has 0 aromatic carbocycles. The smallest absolute Gasteiger partial charge is 0.407 e. The molecule has 3 rings (SSSR count). The highest BCUT2D eigenvalue weighted by Crippen LogP contribution is 2.38. The Morgan fingerprint density at radius 3 is 2.61 bits per heavy atom. The molecular formula is C20H30N6O2. The maximum Gasteiger partial charge on any atom is 0.407 e. The second-order valence-corrected chi connectivity index (χ2v) is 8.57. The summed E-state index contributed by atoms with van der Waals surface area (Å²) < 4.78 is 7.64. The second kappa shape index (κ2) is 8.16.